The van der Waals surface area contributed by atoms with Crippen molar-refractivity contribution < 1.29 is 8.42 Å². The maximum absolute atomic E-state index is 11.3. The van der Waals surface area contributed by atoms with Gasteiger partial charge in [0.25, 0.3) is 0 Å². The Kier molecular flexibility index (Phi) is 2.31. The van der Waals surface area contributed by atoms with E-state index in [4.69, 9.17) is 6.42 Å². The van der Waals surface area contributed by atoms with Gasteiger partial charge >= 0.3 is 0 Å². The largest absolute Gasteiger partial charge is 0.255 e. The monoisotopic (exact) mass is 224 g/mol. The third-order valence-corrected chi connectivity index (χ3v) is 4.52. The lowest BCUT2D eigenvalue weighted by Gasteiger charge is -2.32. The minimum atomic E-state index is -2.89. The third kappa shape index (κ3) is 1.77. The van der Waals surface area contributed by atoms with Crippen molar-refractivity contribution >= 4 is 9.84 Å². The molecule has 0 aliphatic carbocycles. The van der Waals surface area contributed by atoms with Crippen molar-refractivity contribution in [2.75, 3.05) is 11.5 Å². The van der Waals surface area contributed by atoms with E-state index >= 15 is 0 Å². The molecule has 80 valence electrons. The Labute approximate surface area is 89.2 Å². The third-order valence-electron chi connectivity index (χ3n) is 2.86. The van der Waals surface area contributed by atoms with Crippen LogP contribution in [0.5, 0.6) is 0 Å². The zero-order valence-corrected chi connectivity index (χ0v) is 9.07. The number of hydrogen-bond donors (Lipinski definition) is 0. The molecule has 1 aromatic rings. The number of sulfone groups is 1. The van der Waals surface area contributed by atoms with Gasteiger partial charge in [0, 0.05) is 12.4 Å². The lowest BCUT2D eigenvalue weighted by molar-refractivity contribution is 0.317. The van der Waals surface area contributed by atoms with Crippen LogP contribution in [0.25, 0.3) is 0 Å². The highest BCUT2D eigenvalue weighted by molar-refractivity contribution is 7.91. The van der Waals surface area contributed by atoms with Crippen LogP contribution in [0.1, 0.15) is 12.8 Å². The van der Waals surface area contributed by atoms with Crippen LogP contribution >= 0.6 is 0 Å². The van der Waals surface area contributed by atoms with Crippen LogP contribution in [0.15, 0.2) is 18.5 Å². The van der Waals surface area contributed by atoms with Crippen molar-refractivity contribution in [1.82, 2.24) is 9.78 Å². The van der Waals surface area contributed by atoms with Gasteiger partial charge in [-0.1, -0.05) is 5.92 Å². The molecule has 1 fully saturated rings. The summed E-state index contributed by atoms with van der Waals surface area (Å²) in [7, 11) is -2.89. The first kappa shape index (κ1) is 10.2. The van der Waals surface area contributed by atoms with Crippen LogP contribution in [0.3, 0.4) is 0 Å². The molecule has 5 heteroatoms. The van der Waals surface area contributed by atoms with E-state index < -0.39 is 15.4 Å². The van der Waals surface area contributed by atoms with Crippen molar-refractivity contribution in [3.63, 3.8) is 0 Å². The minimum Gasteiger partial charge on any atom is -0.255 e. The van der Waals surface area contributed by atoms with E-state index in [2.05, 4.69) is 11.0 Å². The molecule has 1 aliphatic heterocycles. The smallest absolute Gasteiger partial charge is 0.150 e. The van der Waals surface area contributed by atoms with Gasteiger partial charge in [-0.15, -0.1) is 6.42 Å². The molecule has 0 aromatic carbocycles. The van der Waals surface area contributed by atoms with E-state index in [0.29, 0.717) is 12.8 Å². The molecule has 1 aliphatic rings. The molecule has 0 atom stereocenters. The van der Waals surface area contributed by atoms with Gasteiger partial charge in [-0.25, -0.2) is 8.42 Å². The molecule has 1 aromatic heterocycles. The Morgan fingerprint density at radius 3 is 2.53 bits per heavy atom. The molecule has 1 saturated heterocycles. The van der Waals surface area contributed by atoms with Crippen LogP contribution in [0.2, 0.25) is 0 Å². The lowest BCUT2D eigenvalue weighted by Crippen LogP contribution is -2.41. The minimum absolute atomic E-state index is 0.150. The van der Waals surface area contributed by atoms with Gasteiger partial charge in [-0.2, -0.15) is 5.10 Å². The van der Waals surface area contributed by atoms with E-state index in [1.54, 1.807) is 23.1 Å². The summed E-state index contributed by atoms with van der Waals surface area (Å²) in [5.74, 6) is 2.99. The Bertz CT molecular complexity index is 468. The second-order valence-electron chi connectivity index (χ2n) is 3.78. The van der Waals surface area contributed by atoms with E-state index in [-0.39, 0.29) is 11.5 Å². The van der Waals surface area contributed by atoms with Crippen molar-refractivity contribution in [3.05, 3.63) is 18.5 Å². The van der Waals surface area contributed by atoms with Crippen molar-refractivity contribution in [1.29, 1.82) is 0 Å². The average molecular weight is 224 g/mol. The van der Waals surface area contributed by atoms with Gasteiger partial charge in [0.15, 0.2) is 9.84 Å². The van der Waals surface area contributed by atoms with Gasteiger partial charge in [-0.3, -0.25) is 4.68 Å². The summed E-state index contributed by atoms with van der Waals surface area (Å²) in [5, 5.41) is 4.11. The van der Waals surface area contributed by atoms with Gasteiger partial charge in [-0.05, 0) is 18.9 Å². The second kappa shape index (κ2) is 3.38. The molecule has 2 rings (SSSR count). The number of terminal acetylenes is 1. The van der Waals surface area contributed by atoms with Crippen molar-refractivity contribution in [2.24, 2.45) is 0 Å². The zero-order chi connectivity index (χ0) is 10.9. The average Bonchev–Trinajstić information content (AvgIpc) is 2.72. The Balaban J connectivity index is 2.31. The van der Waals surface area contributed by atoms with Crippen LogP contribution < -0.4 is 0 Å². The first-order valence-corrected chi connectivity index (χ1v) is 6.58. The van der Waals surface area contributed by atoms with E-state index in [0.717, 1.165) is 0 Å². The maximum Gasteiger partial charge on any atom is 0.150 e. The van der Waals surface area contributed by atoms with Crippen molar-refractivity contribution in [3.8, 4) is 12.3 Å². The molecule has 0 unspecified atom stereocenters. The number of nitrogens with zero attached hydrogens (tertiary/aromatic N) is 2. The van der Waals surface area contributed by atoms with Crippen LogP contribution in [0.4, 0.5) is 0 Å². The standard InChI is InChI=1S/C10H12N2O2S/c1-2-10(12-7-3-6-11-12)4-8-15(13,14)9-5-10/h1,3,6-7H,4-5,8-9H2. The topological polar surface area (TPSA) is 52.0 Å². The number of hydrogen-bond acceptors (Lipinski definition) is 3. The highest BCUT2D eigenvalue weighted by atomic mass is 32.2. The van der Waals surface area contributed by atoms with E-state index in [1.807, 2.05) is 0 Å². The summed E-state index contributed by atoms with van der Waals surface area (Å²) in [5.41, 5.74) is -0.547. The Morgan fingerprint density at radius 1 is 1.40 bits per heavy atom. The number of rotatable bonds is 1. The Morgan fingerprint density at radius 2 is 2.07 bits per heavy atom. The molecule has 0 N–H and O–H groups in total. The van der Waals surface area contributed by atoms with E-state index in [1.165, 1.54) is 0 Å². The first-order chi connectivity index (χ1) is 7.08. The van der Waals surface area contributed by atoms with E-state index in [9.17, 15) is 8.42 Å². The van der Waals surface area contributed by atoms with Gasteiger partial charge < -0.3 is 0 Å². The quantitative estimate of drug-likeness (QED) is 0.650. The first-order valence-electron chi connectivity index (χ1n) is 4.76. The molecular formula is C10H12N2O2S. The predicted octanol–water partition coefficient (Wildman–Crippen LogP) is 0.420. The van der Waals surface area contributed by atoms with Crippen LogP contribution in [-0.2, 0) is 15.4 Å². The normalized spacial score (nSPS) is 23.1. The summed E-state index contributed by atoms with van der Waals surface area (Å²) in [6.07, 6.45) is 9.86. The highest BCUT2D eigenvalue weighted by Crippen LogP contribution is 2.29. The maximum atomic E-state index is 11.3. The van der Waals surface area contributed by atoms with Crippen LogP contribution in [-0.4, -0.2) is 29.7 Å². The molecule has 15 heavy (non-hydrogen) atoms. The predicted molar refractivity (Wildman–Crippen MR) is 56.9 cm³/mol. The Hall–Kier alpha value is -1.28. The van der Waals surface area contributed by atoms with Gasteiger partial charge in [0.1, 0.15) is 5.54 Å². The zero-order valence-electron chi connectivity index (χ0n) is 8.26. The van der Waals surface area contributed by atoms with Gasteiger partial charge in [0.2, 0.25) is 0 Å². The summed E-state index contributed by atoms with van der Waals surface area (Å²) in [4.78, 5) is 0. The molecule has 0 radical (unpaired) electrons. The molecule has 0 amide bonds. The molecule has 0 bridgehead atoms. The fraction of sp³-hybridized carbons (Fsp3) is 0.500. The van der Waals surface area contributed by atoms with Crippen LogP contribution in [0, 0.1) is 12.3 Å². The molecule has 2 heterocycles. The number of aromatic nitrogens is 2. The summed E-state index contributed by atoms with van der Waals surface area (Å²) >= 11 is 0. The molecule has 4 nitrogen and oxygen atoms in total. The second-order valence-corrected chi connectivity index (χ2v) is 6.08. The fourth-order valence-electron chi connectivity index (χ4n) is 1.84. The fourth-order valence-corrected chi connectivity index (χ4v) is 3.34. The summed E-state index contributed by atoms with van der Waals surface area (Å²) in [6.45, 7) is 0. The summed E-state index contributed by atoms with van der Waals surface area (Å²) in [6, 6.07) is 1.79. The SMILES string of the molecule is C#CC1(n2cccn2)CCS(=O)(=O)CC1. The summed E-state index contributed by atoms with van der Waals surface area (Å²) < 4.78 is 24.3. The highest BCUT2D eigenvalue weighted by Gasteiger charge is 2.37. The van der Waals surface area contributed by atoms with Crippen molar-refractivity contribution in [2.45, 2.75) is 18.4 Å². The molecule has 0 saturated carbocycles. The molecular weight excluding hydrogens is 212 g/mol. The lowest BCUT2D eigenvalue weighted by atomic mass is 9.94. The van der Waals surface area contributed by atoms with Gasteiger partial charge in [0.05, 0.1) is 11.5 Å². The molecule has 0 spiro atoms.